The first-order valence-corrected chi connectivity index (χ1v) is 8.74. The van der Waals surface area contributed by atoms with Crippen LogP contribution in [0.2, 0.25) is 0 Å². The number of hydrogen-bond donors (Lipinski definition) is 1. The highest BCUT2D eigenvalue weighted by Gasteiger charge is 2.10. The summed E-state index contributed by atoms with van der Waals surface area (Å²) in [6, 6.07) is 8.75. The fraction of sp³-hybridized carbons (Fsp3) is 0.684. The maximum atomic E-state index is 5.84. The lowest BCUT2D eigenvalue weighted by Crippen LogP contribution is -2.20. The van der Waals surface area contributed by atoms with Crippen molar-refractivity contribution in [2.24, 2.45) is 0 Å². The Morgan fingerprint density at radius 2 is 1.67 bits per heavy atom. The van der Waals surface area contributed by atoms with E-state index in [2.05, 4.69) is 50.4 Å². The Hall–Kier alpha value is -1.02. The van der Waals surface area contributed by atoms with Gasteiger partial charge in [0.15, 0.2) is 0 Å². The third kappa shape index (κ3) is 7.52. The standard InChI is InChI=1S/C19H33NO/c1-4-6-7-8-9-12-15-20-17(3)18-13-10-11-14-19(18)21-16-5-2/h10-11,13-14,17,20H,4-9,12,15-16H2,1-3H3. The Morgan fingerprint density at radius 1 is 0.952 bits per heavy atom. The van der Waals surface area contributed by atoms with Crippen molar-refractivity contribution in [3.63, 3.8) is 0 Å². The summed E-state index contributed by atoms with van der Waals surface area (Å²) < 4.78 is 5.84. The minimum absolute atomic E-state index is 0.355. The molecule has 0 bridgehead atoms. The Kier molecular flexibility index (Phi) is 9.98. The summed E-state index contributed by atoms with van der Waals surface area (Å²) in [5, 5.41) is 3.63. The van der Waals surface area contributed by atoms with Crippen LogP contribution in [0, 0.1) is 0 Å². The molecule has 1 aromatic rings. The van der Waals surface area contributed by atoms with Gasteiger partial charge in [0.2, 0.25) is 0 Å². The van der Waals surface area contributed by atoms with E-state index >= 15 is 0 Å². The lowest BCUT2D eigenvalue weighted by molar-refractivity contribution is 0.310. The molecule has 21 heavy (non-hydrogen) atoms. The lowest BCUT2D eigenvalue weighted by atomic mass is 10.1. The molecule has 1 unspecified atom stereocenters. The molecule has 0 aliphatic rings. The van der Waals surface area contributed by atoms with Crippen molar-refractivity contribution in [2.45, 2.75) is 71.8 Å². The predicted octanol–water partition coefficient (Wildman–Crippen LogP) is 5.49. The summed E-state index contributed by atoms with van der Waals surface area (Å²) in [5.41, 5.74) is 1.27. The number of nitrogens with one attached hydrogen (secondary N) is 1. The van der Waals surface area contributed by atoms with Crippen LogP contribution < -0.4 is 10.1 Å². The summed E-state index contributed by atoms with van der Waals surface area (Å²) in [6.07, 6.45) is 9.13. The topological polar surface area (TPSA) is 21.3 Å². The first-order chi connectivity index (χ1) is 10.3. The smallest absolute Gasteiger partial charge is 0.124 e. The van der Waals surface area contributed by atoms with Crippen LogP contribution in [0.3, 0.4) is 0 Å². The van der Waals surface area contributed by atoms with Crippen molar-refractivity contribution in [1.29, 1.82) is 0 Å². The lowest BCUT2D eigenvalue weighted by Gasteiger charge is -2.18. The van der Waals surface area contributed by atoms with Gasteiger partial charge in [-0.1, -0.05) is 64.2 Å². The Labute approximate surface area is 131 Å². The molecular weight excluding hydrogens is 258 g/mol. The number of benzene rings is 1. The van der Waals surface area contributed by atoms with Gasteiger partial charge in [0.1, 0.15) is 5.75 Å². The van der Waals surface area contributed by atoms with Crippen molar-refractivity contribution < 1.29 is 4.74 Å². The summed E-state index contributed by atoms with van der Waals surface area (Å²) in [4.78, 5) is 0. The molecule has 120 valence electrons. The molecule has 1 rings (SSSR count). The van der Waals surface area contributed by atoms with E-state index in [1.807, 2.05) is 0 Å². The van der Waals surface area contributed by atoms with Gasteiger partial charge in [0.05, 0.1) is 6.61 Å². The van der Waals surface area contributed by atoms with Crippen molar-refractivity contribution in [3.8, 4) is 5.75 Å². The highest BCUT2D eigenvalue weighted by Crippen LogP contribution is 2.24. The third-order valence-corrected chi connectivity index (χ3v) is 3.83. The molecule has 2 heteroatoms. The largest absolute Gasteiger partial charge is 0.493 e. The molecule has 0 saturated carbocycles. The minimum Gasteiger partial charge on any atom is -0.493 e. The second kappa shape index (κ2) is 11.6. The fourth-order valence-corrected chi connectivity index (χ4v) is 2.52. The molecule has 0 aliphatic heterocycles. The van der Waals surface area contributed by atoms with Gasteiger partial charge in [-0.25, -0.2) is 0 Å². The van der Waals surface area contributed by atoms with Gasteiger partial charge in [0.25, 0.3) is 0 Å². The van der Waals surface area contributed by atoms with E-state index in [0.717, 1.165) is 25.3 Å². The van der Waals surface area contributed by atoms with Gasteiger partial charge < -0.3 is 10.1 Å². The minimum atomic E-state index is 0.355. The summed E-state index contributed by atoms with van der Waals surface area (Å²) in [5.74, 6) is 1.03. The Balaban J connectivity index is 2.29. The van der Waals surface area contributed by atoms with Crippen molar-refractivity contribution in [3.05, 3.63) is 29.8 Å². The van der Waals surface area contributed by atoms with Gasteiger partial charge in [-0.05, 0) is 32.4 Å². The van der Waals surface area contributed by atoms with E-state index in [4.69, 9.17) is 4.74 Å². The molecule has 0 spiro atoms. The van der Waals surface area contributed by atoms with E-state index in [1.165, 1.54) is 44.1 Å². The summed E-state index contributed by atoms with van der Waals surface area (Å²) in [6.45, 7) is 8.52. The Morgan fingerprint density at radius 3 is 2.43 bits per heavy atom. The number of unbranched alkanes of at least 4 members (excludes halogenated alkanes) is 5. The van der Waals surface area contributed by atoms with Crippen LogP contribution in [0.4, 0.5) is 0 Å². The quantitative estimate of drug-likeness (QED) is 0.514. The van der Waals surface area contributed by atoms with E-state index in [9.17, 15) is 0 Å². The van der Waals surface area contributed by atoms with Crippen LogP contribution in [0.15, 0.2) is 24.3 Å². The molecule has 0 radical (unpaired) electrons. The zero-order valence-electron chi connectivity index (χ0n) is 14.2. The fourth-order valence-electron chi connectivity index (χ4n) is 2.52. The second-order valence-corrected chi connectivity index (χ2v) is 5.83. The van der Waals surface area contributed by atoms with Crippen LogP contribution >= 0.6 is 0 Å². The summed E-state index contributed by atoms with van der Waals surface area (Å²) >= 11 is 0. The summed E-state index contributed by atoms with van der Waals surface area (Å²) in [7, 11) is 0. The van der Waals surface area contributed by atoms with Gasteiger partial charge in [-0.2, -0.15) is 0 Å². The van der Waals surface area contributed by atoms with E-state index in [0.29, 0.717) is 6.04 Å². The van der Waals surface area contributed by atoms with Crippen LogP contribution in [0.5, 0.6) is 5.75 Å². The van der Waals surface area contributed by atoms with Gasteiger partial charge in [-0.3, -0.25) is 0 Å². The van der Waals surface area contributed by atoms with Gasteiger partial charge >= 0.3 is 0 Å². The molecular formula is C19H33NO. The zero-order valence-corrected chi connectivity index (χ0v) is 14.2. The molecule has 0 aromatic heterocycles. The van der Waals surface area contributed by atoms with Crippen molar-refractivity contribution in [1.82, 2.24) is 5.32 Å². The molecule has 2 nitrogen and oxygen atoms in total. The number of hydrogen-bond acceptors (Lipinski definition) is 2. The van der Waals surface area contributed by atoms with Crippen LogP contribution in [0.1, 0.15) is 77.3 Å². The molecule has 0 amide bonds. The van der Waals surface area contributed by atoms with E-state index in [1.54, 1.807) is 0 Å². The third-order valence-electron chi connectivity index (χ3n) is 3.83. The molecule has 0 heterocycles. The second-order valence-electron chi connectivity index (χ2n) is 5.83. The molecule has 1 atom stereocenters. The first kappa shape index (κ1) is 18.0. The molecule has 0 fully saturated rings. The van der Waals surface area contributed by atoms with Gasteiger partial charge in [-0.15, -0.1) is 0 Å². The normalized spacial score (nSPS) is 12.3. The highest BCUT2D eigenvalue weighted by molar-refractivity contribution is 5.35. The molecule has 0 saturated heterocycles. The predicted molar refractivity (Wildman–Crippen MR) is 92.0 cm³/mol. The molecule has 0 aliphatic carbocycles. The van der Waals surface area contributed by atoms with E-state index in [-0.39, 0.29) is 0 Å². The highest BCUT2D eigenvalue weighted by atomic mass is 16.5. The van der Waals surface area contributed by atoms with Crippen LogP contribution in [-0.4, -0.2) is 13.2 Å². The number of para-hydroxylation sites is 1. The maximum absolute atomic E-state index is 5.84. The Bertz CT molecular complexity index is 364. The monoisotopic (exact) mass is 291 g/mol. The van der Waals surface area contributed by atoms with Crippen molar-refractivity contribution >= 4 is 0 Å². The molecule has 1 N–H and O–H groups in total. The maximum Gasteiger partial charge on any atom is 0.124 e. The molecule has 1 aromatic carbocycles. The van der Waals surface area contributed by atoms with E-state index < -0.39 is 0 Å². The van der Waals surface area contributed by atoms with Gasteiger partial charge in [0, 0.05) is 11.6 Å². The average molecular weight is 291 g/mol. The average Bonchev–Trinajstić information content (AvgIpc) is 2.52. The van der Waals surface area contributed by atoms with Crippen molar-refractivity contribution in [2.75, 3.05) is 13.2 Å². The number of ether oxygens (including phenoxy) is 1. The SMILES string of the molecule is CCCCCCCCNC(C)c1ccccc1OCCC. The van der Waals surface area contributed by atoms with Crippen LogP contribution in [0.25, 0.3) is 0 Å². The zero-order chi connectivity index (χ0) is 15.3. The first-order valence-electron chi connectivity index (χ1n) is 8.74. The number of rotatable bonds is 12. The van der Waals surface area contributed by atoms with Crippen LogP contribution in [-0.2, 0) is 0 Å².